The molecule has 0 spiro atoms. The van der Waals surface area contributed by atoms with Gasteiger partial charge in [-0.25, -0.2) is 0 Å². The van der Waals surface area contributed by atoms with Gasteiger partial charge in [0.05, 0.1) is 11.9 Å². The summed E-state index contributed by atoms with van der Waals surface area (Å²) in [6.07, 6.45) is 1.57. The van der Waals surface area contributed by atoms with Crippen LogP contribution in [0.3, 0.4) is 0 Å². The molecule has 2 aromatic rings. The van der Waals surface area contributed by atoms with Gasteiger partial charge in [0, 0.05) is 25.5 Å². The Kier molecular flexibility index (Phi) is 3.73. The second kappa shape index (κ2) is 5.28. The molecule has 2 aromatic heterocycles. The summed E-state index contributed by atoms with van der Waals surface area (Å²) in [5, 5.41) is 11.6. The van der Waals surface area contributed by atoms with Gasteiger partial charge in [-0.2, -0.15) is 5.10 Å². The fraction of sp³-hybridized carbons (Fsp3) is 0.364. The maximum atomic E-state index is 12.2. The zero-order chi connectivity index (χ0) is 13.1. The highest BCUT2D eigenvalue weighted by atomic mass is 32.1. The van der Waals surface area contributed by atoms with E-state index in [1.54, 1.807) is 24.2 Å². The third kappa shape index (κ3) is 2.27. The van der Waals surface area contributed by atoms with E-state index in [1.807, 2.05) is 7.05 Å². The highest BCUT2D eigenvalue weighted by molar-refractivity contribution is 7.21. The van der Waals surface area contributed by atoms with Crippen molar-refractivity contribution in [2.45, 2.75) is 0 Å². The van der Waals surface area contributed by atoms with E-state index in [0.29, 0.717) is 21.9 Å². The normalized spacial score (nSPS) is 10.8. The highest BCUT2D eigenvalue weighted by Crippen LogP contribution is 2.32. The molecule has 0 aliphatic rings. The number of amides is 1. The Morgan fingerprint density at radius 2 is 2.39 bits per heavy atom. The van der Waals surface area contributed by atoms with Crippen LogP contribution in [-0.2, 0) is 0 Å². The summed E-state index contributed by atoms with van der Waals surface area (Å²) in [6.45, 7) is 1.38. The van der Waals surface area contributed by atoms with Crippen molar-refractivity contribution in [3.05, 3.63) is 17.1 Å². The lowest BCUT2D eigenvalue weighted by Gasteiger charge is -2.16. The summed E-state index contributed by atoms with van der Waals surface area (Å²) in [5.74, 6) is -0.0780. The lowest BCUT2D eigenvalue weighted by Crippen LogP contribution is -2.32. The van der Waals surface area contributed by atoms with Gasteiger partial charge >= 0.3 is 0 Å². The number of aromatic nitrogens is 2. The van der Waals surface area contributed by atoms with Crippen molar-refractivity contribution >= 4 is 33.1 Å². The zero-order valence-corrected chi connectivity index (χ0v) is 11.1. The van der Waals surface area contributed by atoms with E-state index in [-0.39, 0.29) is 5.91 Å². The molecule has 0 aromatic carbocycles. The van der Waals surface area contributed by atoms with Crippen molar-refractivity contribution in [1.82, 2.24) is 20.4 Å². The van der Waals surface area contributed by atoms with E-state index in [2.05, 4.69) is 15.5 Å². The molecular weight excluding hydrogens is 250 g/mol. The highest BCUT2D eigenvalue weighted by Gasteiger charge is 2.19. The number of hydrogen-bond acceptors (Lipinski definition) is 6. The molecule has 3 N–H and O–H groups in total. The van der Waals surface area contributed by atoms with Crippen LogP contribution in [0.2, 0.25) is 0 Å². The minimum Gasteiger partial charge on any atom is -0.397 e. The largest absolute Gasteiger partial charge is 0.397 e. The Labute approximate surface area is 109 Å². The molecule has 0 saturated carbocycles. The molecule has 2 rings (SSSR count). The van der Waals surface area contributed by atoms with Crippen LogP contribution in [0.15, 0.2) is 12.3 Å². The first-order chi connectivity index (χ1) is 8.65. The van der Waals surface area contributed by atoms with Crippen LogP contribution in [0.5, 0.6) is 0 Å². The van der Waals surface area contributed by atoms with Gasteiger partial charge in [0.1, 0.15) is 9.71 Å². The van der Waals surface area contributed by atoms with Crippen LogP contribution in [-0.4, -0.2) is 48.2 Å². The van der Waals surface area contributed by atoms with Gasteiger partial charge in [-0.05, 0) is 13.1 Å². The topological polar surface area (TPSA) is 84.1 Å². The lowest BCUT2D eigenvalue weighted by molar-refractivity contribution is 0.0802. The summed E-state index contributed by atoms with van der Waals surface area (Å²) >= 11 is 1.28. The first-order valence-corrected chi connectivity index (χ1v) is 6.36. The van der Waals surface area contributed by atoms with Gasteiger partial charge < -0.3 is 16.0 Å². The van der Waals surface area contributed by atoms with Crippen molar-refractivity contribution in [1.29, 1.82) is 0 Å². The lowest BCUT2D eigenvalue weighted by atomic mass is 10.2. The Bertz CT molecular complexity index is 568. The van der Waals surface area contributed by atoms with Crippen molar-refractivity contribution < 1.29 is 4.79 Å². The van der Waals surface area contributed by atoms with Crippen molar-refractivity contribution in [2.75, 3.05) is 32.9 Å². The van der Waals surface area contributed by atoms with Crippen molar-refractivity contribution in [3.8, 4) is 0 Å². The molecule has 0 fully saturated rings. The fourth-order valence-corrected chi connectivity index (χ4v) is 2.62. The van der Waals surface area contributed by atoms with Gasteiger partial charge in [0.15, 0.2) is 0 Å². The number of nitrogen functional groups attached to an aromatic ring is 1. The number of anilines is 1. The maximum Gasteiger partial charge on any atom is 0.265 e. The van der Waals surface area contributed by atoms with Crippen molar-refractivity contribution in [2.24, 2.45) is 0 Å². The summed E-state index contributed by atoms with van der Waals surface area (Å²) in [5.41, 5.74) is 6.48. The molecule has 96 valence electrons. The van der Waals surface area contributed by atoms with E-state index in [4.69, 9.17) is 5.73 Å². The van der Waals surface area contributed by atoms with E-state index >= 15 is 0 Å². The number of carbonyl (C=O) groups is 1. The van der Waals surface area contributed by atoms with Crippen LogP contribution < -0.4 is 11.1 Å². The second-order valence-electron chi connectivity index (χ2n) is 3.93. The average molecular weight is 265 g/mol. The number of nitrogens with zero attached hydrogens (tertiary/aromatic N) is 3. The minimum absolute atomic E-state index is 0.0780. The number of fused-ring (bicyclic) bond motifs is 1. The second-order valence-corrected chi connectivity index (χ2v) is 4.92. The molecule has 0 radical (unpaired) electrons. The monoisotopic (exact) mass is 265 g/mol. The average Bonchev–Trinajstić information content (AvgIpc) is 2.73. The van der Waals surface area contributed by atoms with Crippen LogP contribution >= 0.6 is 11.3 Å². The van der Waals surface area contributed by atoms with E-state index in [1.165, 1.54) is 11.3 Å². The molecule has 0 bridgehead atoms. The van der Waals surface area contributed by atoms with E-state index < -0.39 is 0 Å². The van der Waals surface area contributed by atoms with E-state index in [0.717, 1.165) is 11.9 Å². The standard InChI is InChI=1S/C11H15N5OS/c1-13-5-6-16(2)11(17)9-8(12)7-3-4-14-15-10(7)18-9/h3-4,13H,5-6,12H2,1-2H3. The maximum absolute atomic E-state index is 12.2. The van der Waals surface area contributed by atoms with Crippen LogP contribution in [0.1, 0.15) is 9.67 Å². The smallest absolute Gasteiger partial charge is 0.265 e. The van der Waals surface area contributed by atoms with Crippen molar-refractivity contribution in [3.63, 3.8) is 0 Å². The summed E-state index contributed by atoms with van der Waals surface area (Å²) in [4.78, 5) is 15.1. The predicted molar refractivity (Wildman–Crippen MR) is 72.7 cm³/mol. The number of nitrogens with one attached hydrogen (secondary N) is 1. The van der Waals surface area contributed by atoms with Crippen LogP contribution in [0, 0.1) is 0 Å². The molecule has 18 heavy (non-hydrogen) atoms. The Morgan fingerprint density at radius 3 is 3.06 bits per heavy atom. The SMILES string of the molecule is CNCCN(C)C(=O)c1sc2nnccc2c1N. The van der Waals surface area contributed by atoms with Gasteiger partial charge in [0.25, 0.3) is 5.91 Å². The molecule has 6 nitrogen and oxygen atoms in total. The minimum atomic E-state index is -0.0780. The molecule has 2 heterocycles. The molecule has 0 atom stereocenters. The fourth-order valence-electron chi connectivity index (χ4n) is 1.59. The molecular formula is C11H15N5OS. The summed E-state index contributed by atoms with van der Waals surface area (Å²) in [7, 11) is 3.61. The van der Waals surface area contributed by atoms with Gasteiger partial charge in [-0.1, -0.05) is 0 Å². The Hall–Kier alpha value is -1.73. The number of carbonyl (C=O) groups excluding carboxylic acids is 1. The van der Waals surface area contributed by atoms with E-state index in [9.17, 15) is 4.79 Å². The number of likely N-dealkylation sites (N-methyl/N-ethyl adjacent to an activating group) is 2. The van der Waals surface area contributed by atoms with Crippen LogP contribution in [0.25, 0.3) is 10.2 Å². The third-order valence-corrected chi connectivity index (χ3v) is 3.75. The van der Waals surface area contributed by atoms with Gasteiger partial charge in [-0.3, -0.25) is 4.79 Å². The first kappa shape index (κ1) is 12.7. The first-order valence-electron chi connectivity index (χ1n) is 5.55. The molecule has 0 unspecified atom stereocenters. The quantitative estimate of drug-likeness (QED) is 0.844. The molecule has 7 heteroatoms. The third-order valence-electron chi connectivity index (χ3n) is 2.66. The van der Waals surface area contributed by atoms with Gasteiger partial charge in [-0.15, -0.1) is 16.4 Å². The number of nitrogens with two attached hydrogens (primary N) is 1. The Balaban J connectivity index is 2.30. The molecule has 0 saturated heterocycles. The van der Waals surface area contributed by atoms with Gasteiger partial charge in [0.2, 0.25) is 0 Å². The molecule has 1 amide bonds. The predicted octanol–water partition coefficient (Wildman–Crippen LogP) is 0.565. The molecule has 0 aliphatic heterocycles. The number of hydrogen-bond donors (Lipinski definition) is 2. The Morgan fingerprint density at radius 1 is 1.61 bits per heavy atom. The summed E-state index contributed by atoms with van der Waals surface area (Å²) < 4.78 is 0. The zero-order valence-electron chi connectivity index (χ0n) is 10.3. The summed E-state index contributed by atoms with van der Waals surface area (Å²) in [6, 6.07) is 1.78. The molecule has 0 aliphatic carbocycles. The number of thiophene rings is 1. The van der Waals surface area contributed by atoms with Crippen LogP contribution in [0.4, 0.5) is 5.69 Å². The number of rotatable bonds is 4.